The molecule has 24 heavy (non-hydrogen) atoms. The molecule has 124 valence electrons. The van der Waals surface area contributed by atoms with Crippen molar-refractivity contribution < 1.29 is 19.0 Å². The molecule has 0 fully saturated rings. The van der Waals surface area contributed by atoms with Crippen LogP contribution in [0.4, 0.5) is 10.1 Å². The number of hydrogen-bond acceptors (Lipinski definition) is 5. The second-order valence-electron chi connectivity index (χ2n) is 5.02. The minimum Gasteiger partial charge on any atom is -0.486 e. The van der Waals surface area contributed by atoms with Crippen molar-refractivity contribution in [1.29, 1.82) is 5.26 Å². The number of halogens is 1. The lowest BCUT2D eigenvalue weighted by molar-refractivity contribution is -0.118. The number of nitrogens with one attached hydrogen (secondary N) is 1. The molecular weight excluding hydrogens is 313 g/mol. The van der Waals surface area contributed by atoms with E-state index in [1.54, 1.807) is 24.3 Å². The molecule has 2 aromatic rings. The predicted molar refractivity (Wildman–Crippen MR) is 85.6 cm³/mol. The summed E-state index contributed by atoms with van der Waals surface area (Å²) in [4.78, 5) is 11.5. The first-order valence-corrected chi connectivity index (χ1v) is 7.12. The van der Waals surface area contributed by atoms with Crippen LogP contribution < -0.4 is 15.8 Å². The number of aliphatic hydroxyl groups is 1. The molecule has 0 aromatic heterocycles. The summed E-state index contributed by atoms with van der Waals surface area (Å²) < 4.78 is 19.4. The highest BCUT2D eigenvalue weighted by Crippen LogP contribution is 2.22. The number of nitriles is 1. The number of anilines is 1. The molecule has 0 saturated carbocycles. The maximum atomic E-state index is 14.0. The van der Waals surface area contributed by atoms with Crippen LogP contribution in [0.2, 0.25) is 0 Å². The second kappa shape index (κ2) is 8.06. The van der Waals surface area contributed by atoms with Crippen LogP contribution >= 0.6 is 0 Å². The van der Waals surface area contributed by atoms with Gasteiger partial charge >= 0.3 is 0 Å². The number of aliphatic hydroxyl groups excluding tert-OH is 1. The van der Waals surface area contributed by atoms with Crippen LogP contribution in [-0.4, -0.2) is 23.7 Å². The van der Waals surface area contributed by atoms with Crippen LogP contribution in [0, 0.1) is 17.1 Å². The van der Waals surface area contributed by atoms with Crippen LogP contribution in [-0.2, 0) is 11.4 Å². The third-order valence-electron chi connectivity index (χ3n) is 3.18. The Balaban J connectivity index is 2.02. The van der Waals surface area contributed by atoms with E-state index in [1.165, 1.54) is 12.1 Å². The molecule has 1 amide bonds. The minimum absolute atomic E-state index is 0.0156. The monoisotopic (exact) mass is 329 g/mol. The molecule has 0 aliphatic rings. The number of carbonyl (C=O) groups is 1. The number of rotatable bonds is 6. The summed E-state index contributed by atoms with van der Waals surface area (Å²) >= 11 is 0. The summed E-state index contributed by atoms with van der Waals surface area (Å²) in [6.07, 6.45) is 0. The maximum absolute atomic E-state index is 14.0. The lowest BCUT2D eigenvalue weighted by Crippen LogP contribution is -2.38. The standard InChI is InChI=1S/C17H16FN3O3/c18-14-7-13(21-17(23)15(20)9-22)4-5-16(14)24-10-12-3-1-2-11(6-12)8-19/h1-7,15,22H,9-10,20H2,(H,21,23). The Hall–Kier alpha value is -2.95. The minimum atomic E-state index is -1.07. The van der Waals surface area contributed by atoms with Gasteiger partial charge in [-0.1, -0.05) is 12.1 Å². The fraction of sp³-hybridized carbons (Fsp3) is 0.176. The molecule has 0 spiro atoms. The normalized spacial score (nSPS) is 11.4. The van der Waals surface area contributed by atoms with Gasteiger partial charge in [-0.25, -0.2) is 4.39 Å². The van der Waals surface area contributed by atoms with Gasteiger partial charge in [0.05, 0.1) is 18.2 Å². The van der Waals surface area contributed by atoms with E-state index in [4.69, 9.17) is 20.8 Å². The largest absolute Gasteiger partial charge is 0.486 e. The van der Waals surface area contributed by atoms with Gasteiger partial charge in [0, 0.05) is 11.8 Å². The first-order chi connectivity index (χ1) is 11.5. The summed E-state index contributed by atoms with van der Waals surface area (Å²) in [7, 11) is 0. The summed E-state index contributed by atoms with van der Waals surface area (Å²) in [6.45, 7) is -0.398. The predicted octanol–water partition coefficient (Wildman–Crippen LogP) is 1.53. The molecule has 0 saturated heterocycles. The van der Waals surface area contributed by atoms with E-state index < -0.39 is 24.4 Å². The van der Waals surface area contributed by atoms with E-state index in [9.17, 15) is 9.18 Å². The van der Waals surface area contributed by atoms with Gasteiger partial charge in [0.25, 0.3) is 0 Å². The van der Waals surface area contributed by atoms with E-state index >= 15 is 0 Å². The van der Waals surface area contributed by atoms with Gasteiger partial charge in [-0.05, 0) is 29.8 Å². The van der Waals surface area contributed by atoms with Gasteiger partial charge in [-0.3, -0.25) is 4.79 Å². The van der Waals surface area contributed by atoms with Gasteiger partial charge in [0.15, 0.2) is 11.6 Å². The summed E-state index contributed by atoms with van der Waals surface area (Å²) in [6, 6.07) is 11.7. The highest BCUT2D eigenvalue weighted by molar-refractivity contribution is 5.94. The van der Waals surface area contributed by atoms with Crippen LogP contribution in [0.1, 0.15) is 11.1 Å². The molecule has 0 aliphatic heterocycles. The van der Waals surface area contributed by atoms with Gasteiger partial charge in [0.1, 0.15) is 12.6 Å². The molecule has 6 nitrogen and oxygen atoms in total. The smallest absolute Gasteiger partial charge is 0.243 e. The number of ether oxygens (including phenoxy) is 1. The van der Waals surface area contributed by atoms with E-state index in [1.807, 2.05) is 6.07 Å². The maximum Gasteiger partial charge on any atom is 0.243 e. The fourth-order valence-electron chi connectivity index (χ4n) is 1.91. The molecule has 2 aromatic carbocycles. The van der Waals surface area contributed by atoms with Crippen molar-refractivity contribution in [2.75, 3.05) is 11.9 Å². The molecule has 0 aliphatic carbocycles. The van der Waals surface area contributed by atoms with Crippen molar-refractivity contribution in [3.05, 3.63) is 59.4 Å². The number of hydrogen-bond donors (Lipinski definition) is 3. The Morgan fingerprint density at radius 2 is 2.17 bits per heavy atom. The molecule has 0 radical (unpaired) electrons. The van der Waals surface area contributed by atoms with Crippen molar-refractivity contribution in [3.63, 3.8) is 0 Å². The molecule has 4 N–H and O–H groups in total. The Morgan fingerprint density at radius 3 is 2.83 bits per heavy atom. The van der Waals surface area contributed by atoms with E-state index in [0.717, 1.165) is 11.6 Å². The van der Waals surface area contributed by atoms with E-state index in [-0.39, 0.29) is 18.0 Å². The number of nitrogens with two attached hydrogens (primary N) is 1. The van der Waals surface area contributed by atoms with Gasteiger partial charge < -0.3 is 20.9 Å². The van der Waals surface area contributed by atoms with Crippen molar-refractivity contribution in [3.8, 4) is 11.8 Å². The first kappa shape index (κ1) is 17.4. The molecule has 1 atom stereocenters. The average Bonchev–Trinajstić information content (AvgIpc) is 2.60. The lowest BCUT2D eigenvalue weighted by Gasteiger charge is -2.12. The zero-order chi connectivity index (χ0) is 17.5. The van der Waals surface area contributed by atoms with Gasteiger partial charge in [-0.2, -0.15) is 5.26 Å². The lowest BCUT2D eigenvalue weighted by atomic mass is 10.1. The highest BCUT2D eigenvalue weighted by Gasteiger charge is 2.13. The first-order valence-electron chi connectivity index (χ1n) is 7.12. The van der Waals surface area contributed by atoms with Crippen LogP contribution in [0.25, 0.3) is 0 Å². The average molecular weight is 329 g/mol. The summed E-state index contributed by atoms with van der Waals surface area (Å²) in [5.41, 5.74) is 6.80. The molecule has 2 rings (SSSR count). The number of benzene rings is 2. The quantitative estimate of drug-likeness (QED) is 0.745. The van der Waals surface area contributed by atoms with Crippen molar-refractivity contribution in [2.45, 2.75) is 12.6 Å². The number of amides is 1. The molecule has 0 heterocycles. The fourth-order valence-corrected chi connectivity index (χ4v) is 1.91. The van der Waals surface area contributed by atoms with E-state index in [0.29, 0.717) is 5.56 Å². The second-order valence-corrected chi connectivity index (χ2v) is 5.02. The van der Waals surface area contributed by atoms with Crippen molar-refractivity contribution >= 4 is 11.6 Å². The third-order valence-corrected chi connectivity index (χ3v) is 3.18. The van der Waals surface area contributed by atoms with Crippen LogP contribution in [0.5, 0.6) is 5.75 Å². The van der Waals surface area contributed by atoms with Crippen molar-refractivity contribution in [2.24, 2.45) is 5.73 Å². The Labute approximate surface area is 138 Å². The number of nitrogens with zero attached hydrogens (tertiary/aromatic N) is 1. The summed E-state index contributed by atoms with van der Waals surface area (Å²) in [5, 5.41) is 20.0. The van der Waals surface area contributed by atoms with Crippen LogP contribution in [0.3, 0.4) is 0 Å². The number of carbonyl (C=O) groups excluding carboxylic acids is 1. The Kier molecular flexibility index (Phi) is 5.84. The zero-order valence-electron chi connectivity index (χ0n) is 12.7. The Morgan fingerprint density at radius 1 is 1.38 bits per heavy atom. The molecule has 0 bridgehead atoms. The Bertz CT molecular complexity index is 774. The molecule has 7 heteroatoms. The zero-order valence-corrected chi connectivity index (χ0v) is 12.7. The third kappa shape index (κ3) is 4.52. The summed E-state index contributed by atoms with van der Waals surface area (Å²) in [5.74, 6) is -1.25. The van der Waals surface area contributed by atoms with Gasteiger partial charge in [-0.15, -0.1) is 0 Å². The highest BCUT2D eigenvalue weighted by atomic mass is 19.1. The van der Waals surface area contributed by atoms with Gasteiger partial charge in [0.2, 0.25) is 5.91 Å². The molecular formula is C17H16FN3O3. The van der Waals surface area contributed by atoms with E-state index in [2.05, 4.69) is 5.32 Å². The molecule has 1 unspecified atom stereocenters. The SMILES string of the molecule is N#Cc1cccc(COc2ccc(NC(=O)C(N)CO)cc2F)c1. The van der Waals surface area contributed by atoms with Crippen LogP contribution in [0.15, 0.2) is 42.5 Å². The topological polar surface area (TPSA) is 108 Å². The van der Waals surface area contributed by atoms with Crippen molar-refractivity contribution in [1.82, 2.24) is 0 Å².